The molecule has 142 valence electrons. The van der Waals surface area contributed by atoms with E-state index in [4.69, 9.17) is 5.73 Å². The SMILES string of the molecule is C=C(/C=C/CC1(N)CCC1)N(C)[C@@H](C)Cc1ccc(-c2ccccc2)cc1. The number of hydrogen-bond donors (Lipinski definition) is 1. The fourth-order valence-corrected chi connectivity index (χ4v) is 3.61. The Kier molecular flexibility index (Phi) is 6.18. The maximum absolute atomic E-state index is 6.29. The van der Waals surface area contributed by atoms with E-state index in [9.17, 15) is 0 Å². The highest BCUT2D eigenvalue weighted by Crippen LogP contribution is 2.32. The van der Waals surface area contributed by atoms with Crippen LogP contribution in [0.4, 0.5) is 0 Å². The summed E-state index contributed by atoms with van der Waals surface area (Å²) in [5, 5.41) is 0. The number of nitrogens with two attached hydrogens (primary N) is 1. The fourth-order valence-electron chi connectivity index (χ4n) is 3.61. The molecule has 0 radical (unpaired) electrons. The number of hydrogen-bond acceptors (Lipinski definition) is 2. The van der Waals surface area contributed by atoms with E-state index in [2.05, 4.69) is 92.2 Å². The molecule has 0 spiro atoms. The zero-order chi connectivity index (χ0) is 19.3. The Labute approximate surface area is 164 Å². The summed E-state index contributed by atoms with van der Waals surface area (Å²) in [6, 6.07) is 19.8. The average Bonchev–Trinajstić information content (AvgIpc) is 2.67. The van der Waals surface area contributed by atoms with Crippen molar-refractivity contribution in [3.63, 3.8) is 0 Å². The van der Waals surface area contributed by atoms with Crippen LogP contribution < -0.4 is 5.73 Å². The number of nitrogens with zero attached hydrogens (tertiary/aromatic N) is 1. The van der Waals surface area contributed by atoms with Gasteiger partial charge < -0.3 is 10.6 Å². The van der Waals surface area contributed by atoms with Gasteiger partial charge in [0.05, 0.1) is 0 Å². The Hall–Kier alpha value is -2.32. The largest absolute Gasteiger partial charge is 0.372 e. The fraction of sp³-hybridized carbons (Fsp3) is 0.360. The predicted molar refractivity (Wildman–Crippen MR) is 116 cm³/mol. The first-order valence-corrected chi connectivity index (χ1v) is 9.98. The lowest BCUT2D eigenvalue weighted by atomic mass is 9.75. The molecule has 0 bridgehead atoms. The third-order valence-corrected chi connectivity index (χ3v) is 5.89. The van der Waals surface area contributed by atoms with E-state index in [1.54, 1.807) is 0 Å². The molecule has 0 saturated heterocycles. The molecule has 1 aliphatic carbocycles. The van der Waals surface area contributed by atoms with Crippen molar-refractivity contribution in [2.45, 2.75) is 50.6 Å². The molecule has 1 saturated carbocycles. The third kappa shape index (κ3) is 5.11. The summed E-state index contributed by atoms with van der Waals surface area (Å²) < 4.78 is 0. The number of rotatable bonds is 8. The number of benzene rings is 2. The van der Waals surface area contributed by atoms with Gasteiger partial charge in [-0.05, 0) is 61.8 Å². The number of allylic oxidation sites excluding steroid dienone is 1. The van der Waals surface area contributed by atoms with Crippen LogP contribution in [0.1, 0.15) is 38.2 Å². The van der Waals surface area contributed by atoms with Crippen molar-refractivity contribution in [3.05, 3.63) is 84.6 Å². The van der Waals surface area contributed by atoms with Crippen molar-refractivity contribution in [1.29, 1.82) is 0 Å². The van der Waals surface area contributed by atoms with Crippen LogP contribution in [0, 0.1) is 0 Å². The minimum atomic E-state index is 0.0431. The standard InChI is InChI=1S/C25H32N2/c1-20(9-7-16-25(26)17-8-18-25)27(3)21(2)19-22-12-14-24(15-13-22)23-10-5-4-6-11-23/h4-7,9-15,21H,1,8,16-19,26H2,2-3H3/b9-7+/t21-/m0/s1. The van der Waals surface area contributed by atoms with Gasteiger partial charge in [0.2, 0.25) is 0 Å². The minimum absolute atomic E-state index is 0.0431. The van der Waals surface area contributed by atoms with Crippen LogP contribution in [0.25, 0.3) is 11.1 Å². The summed E-state index contributed by atoms with van der Waals surface area (Å²) in [7, 11) is 2.12. The van der Waals surface area contributed by atoms with Gasteiger partial charge >= 0.3 is 0 Å². The van der Waals surface area contributed by atoms with Gasteiger partial charge in [-0.2, -0.15) is 0 Å². The Bertz CT molecular complexity index is 770. The van der Waals surface area contributed by atoms with E-state index in [1.807, 2.05) is 0 Å². The Morgan fingerprint density at radius 1 is 1.11 bits per heavy atom. The molecule has 1 aliphatic rings. The molecule has 0 aromatic heterocycles. The summed E-state index contributed by atoms with van der Waals surface area (Å²) in [5.74, 6) is 0. The lowest BCUT2D eigenvalue weighted by Gasteiger charge is -2.37. The zero-order valence-electron chi connectivity index (χ0n) is 16.7. The molecule has 2 aromatic rings. The highest BCUT2D eigenvalue weighted by molar-refractivity contribution is 5.63. The van der Waals surface area contributed by atoms with Crippen LogP contribution in [0.15, 0.2) is 79.0 Å². The van der Waals surface area contributed by atoms with Gasteiger partial charge in [0.25, 0.3) is 0 Å². The normalized spacial score (nSPS) is 16.7. The second-order valence-corrected chi connectivity index (χ2v) is 8.04. The average molecular weight is 361 g/mol. The van der Waals surface area contributed by atoms with Gasteiger partial charge in [0.15, 0.2) is 0 Å². The van der Waals surface area contributed by atoms with Crippen molar-refractivity contribution < 1.29 is 0 Å². The Morgan fingerprint density at radius 3 is 2.33 bits per heavy atom. The monoisotopic (exact) mass is 360 g/mol. The smallest absolute Gasteiger partial charge is 0.0298 e. The molecular weight excluding hydrogens is 328 g/mol. The molecule has 1 fully saturated rings. The first kappa shape index (κ1) is 19.4. The van der Waals surface area contributed by atoms with E-state index in [0.29, 0.717) is 6.04 Å². The molecule has 3 rings (SSSR count). The van der Waals surface area contributed by atoms with Gasteiger partial charge in [-0.1, -0.05) is 67.3 Å². The summed E-state index contributed by atoms with van der Waals surface area (Å²) in [5.41, 5.74) is 11.3. The quantitative estimate of drug-likeness (QED) is 0.625. The summed E-state index contributed by atoms with van der Waals surface area (Å²) in [6.45, 7) is 6.48. The summed E-state index contributed by atoms with van der Waals surface area (Å²) in [4.78, 5) is 2.26. The molecule has 2 aromatic carbocycles. The Balaban J connectivity index is 1.53. The van der Waals surface area contributed by atoms with Crippen LogP contribution in [0.2, 0.25) is 0 Å². The van der Waals surface area contributed by atoms with Crippen LogP contribution >= 0.6 is 0 Å². The van der Waals surface area contributed by atoms with Crippen LogP contribution in [-0.2, 0) is 6.42 Å². The topological polar surface area (TPSA) is 29.3 Å². The van der Waals surface area contributed by atoms with Gasteiger partial charge in [0.1, 0.15) is 0 Å². The van der Waals surface area contributed by atoms with Crippen molar-refractivity contribution >= 4 is 0 Å². The first-order chi connectivity index (χ1) is 13.0. The van der Waals surface area contributed by atoms with Crippen molar-refractivity contribution in [2.75, 3.05) is 7.05 Å². The molecule has 0 amide bonds. The van der Waals surface area contributed by atoms with Gasteiger partial charge in [0, 0.05) is 24.3 Å². The maximum Gasteiger partial charge on any atom is 0.0298 e. The maximum atomic E-state index is 6.29. The third-order valence-electron chi connectivity index (χ3n) is 5.89. The van der Waals surface area contributed by atoms with E-state index < -0.39 is 0 Å². The van der Waals surface area contributed by atoms with Crippen LogP contribution in [0.3, 0.4) is 0 Å². The second-order valence-electron chi connectivity index (χ2n) is 8.04. The molecule has 1 atom stereocenters. The van der Waals surface area contributed by atoms with Gasteiger partial charge in [-0.3, -0.25) is 0 Å². The molecule has 2 N–H and O–H groups in total. The lowest BCUT2D eigenvalue weighted by molar-refractivity contribution is 0.251. The summed E-state index contributed by atoms with van der Waals surface area (Å²) in [6.07, 6.45) is 9.84. The predicted octanol–water partition coefficient (Wildman–Crippen LogP) is 5.56. The highest BCUT2D eigenvalue weighted by atomic mass is 15.1. The zero-order valence-corrected chi connectivity index (χ0v) is 16.7. The molecule has 0 unspecified atom stereocenters. The molecular formula is C25H32N2. The van der Waals surface area contributed by atoms with Crippen molar-refractivity contribution in [1.82, 2.24) is 4.90 Å². The highest BCUT2D eigenvalue weighted by Gasteiger charge is 2.30. The first-order valence-electron chi connectivity index (χ1n) is 9.98. The van der Waals surface area contributed by atoms with E-state index in [-0.39, 0.29) is 5.54 Å². The second kappa shape index (κ2) is 8.58. The lowest BCUT2D eigenvalue weighted by Crippen LogP contribution is -2.45. The van der Waals surface area contributed by atoms with E-state index in [0.717, 1.165) is 31.4 Å². The van der Waals surface area contributed by atoms with Gasteiger partial charge in [-0.25, -0.2) is 0 Å². The molecule has 2 nitrogen and oxygen atoms in total. The molecule has 27 heavy (non-hydrogen) atoms. The van der Waals surface area contributed by atoms with Crippen molar-refractivity contribution in [2.24, 2.45) is 5.73 Å². The molecule has 0 heterocycles. The number of likely N-dealkylation sites (N-methyl/N-ethyl adjacent to an activating group) is 1. The van der Waals surface area contributed by atoms with E-state index >= 15 is 0 Å². The molecule has 2 heteroatoms. The Morgan fingerprint density at radius 2 is 1.74 bits per heavy atom. The van der Waals surface area contributed by atoms with Crippen molar-refractivity contribution in [3.8, 4) is 11.1 Å². The van der Waals surface area contributed by atoms with E-state index in [1.165, 1.54) is 23.1 Å². The minimum Gasteiger partial charge on any atom is -0.372 e. The summed E-state index contributed by atoms with van der Waals surface area (Å²) >= 11 is 0. The van der Waals surface area contributed by atoms with Gasteiger partial charge in [-0.15, -0.1) is 0 Å². The van der Waals surface area contributed by atoms with Crippen LogP contribution in [0.5, 0.6) is 0 Å². The van der Waals surface area contributed by atoms with Crippen LogP contribution in [-0.4, -0.2) is 23.5 Å². The molecule has 0 aliphatic heterocycles.